The minimum atomic E-state index is -0.340. The molecular weight excluding hydrogens is 418 g/mol. The van der Waals surface area contributed by atoms with Crippen molar-refractivity contribution >= 4 is 28.5 Å². The molecule has 1 aliphatic carbocycles. The monoisotopic (exact) mass is 443 g/mol. The first-order valence-corrected chi connectivity index (χ1v) is 11.1. The number of nitrogens with one attached hydrogen (secondary N) is 2. The molecule has 33 heavy (non-hydrogen) atoms. The summed E-state index contributed by atoms with van der Waals surface area (Å²) in [5.41, 5.74) is 3.14. The van der Waals surface area contributed by atoms with E-state index in [-0.39, 0.29) is 17.9 Å². The van der Waals surface area contributed by atoms with E-state index >= 15 is 0 Å². The number of carbonyl (C=O) groups excluding carboxylic acids is 2. The summed E-state index contributed by atoms with van der Waals surface area (Å²) in [5.74, 6) is 0.0417. The Kier molecular flexibility index (Phi) is 5.42. The van der Waals surface area contributed by atoms with Gasteiger partial charge in [-0.15, -0.1) is 0 Å². The molecule has 1 saturated carbocycles. The van der Waals surface area contributed by atoms with Gasteiger partial charge >= 0.3 is 0 Å². The predicted molar refractivity (Wildman–Crippen MR) is 125 cm³/mol. The normalized spacial score (nSPS) is 14.0. The molecule has 3 heterocycles. The molecule has 1 aliphatic rings. The standard InChI is InChI=1S/C25H25N5O3/c1-15-22-18(14-20(21-12-7-13-33-21)27-23(22)30(2)29-15)25(32)28-19-11-6-5-10-17(19)24(31)26-16-8-3-4-9-16/h5-7,10-14,16H,3-4,8-9H2,1-2H3,(H,26,31)(H,28,32). The van der Waals surface area contributed by atoms with Crippen LogP contribution in [-0.4, -0.2) is 32.6 Å². The van der Waals surface area contributed by atoms with E-state index in [9.17, 15) is 9.59 Å². The third-order valence-electron chi connectivity index (χ3n) is 6.10. The molecule has 0 bridgehead atoms. The summed E-state index contributed by atoms with van der Waals surface area (Å²) >= 11 is 0. The molecule has 8 nitrogen and oxygen atoms in total. The quantitative estimate of drug-likeness (QED) is 0.474. The van der Waals surface area contributed by atoms with Crippen LogP contribution < -0.4 is 10.6 Å². The molecule has 8 heteroatoms. The van der Waals surface area contributed by atoms with Crippen LogP contribution in [0.1, 0.15) is 52.1 Å². The lowest BCUT2D eigenvalue weighted by molar-refractivity contribution is 0.0938. The van der Waals surface area contributed by atoms with E-state index in [2.05, 4.69) is 20.7 Å². The summed E-state index contributed by atoms with van der Waals surface area (Å²) in [5, 5.41) is 11.1. The maximum atomic E-state index is 13.5. The summed E-state index contributed by atoms with van der Waals surface area (Å²) in [6.07, 6.45) is 5.80. The van der Waals surface area contributed by atoms with E-state index in [0.717, 1.165) is 25.7 Å². The van der Waals surface area contributed by atoms with Crippen LogP contribution in [0.15, 0.2) is 53.1 Å². The lowest BCUT2D eigenvalue weighted by Crippen LogP contribution is -2.33. The van der Waals surface area contributed by atoms with Crippen molar-refractivity contribution < 1.29 is 14.0 Å². The maximum Gasteiger partial charge on any atom is 0.256 e. The van der Waals surface area contributed by atoms with E-state index in [4.69, 9.17) is 4.42 Å². The van der Waals surface area contributed by atoms with Crippen molar-refractivity contribution in [2.75, 3.05) is 5.32 Å². The third-order valence-corrected chi connectivity index (χ3v) is 6.10. The summed E-state index contributed by atoms with van der Waals surface area (Å²) < 4.78 is 7.15. The molecule has 0 saturated heterocycles. The first-order chi connectivity index (χ1) is 16.0. The minimum absolute atomic E-state index is 0.175. The number of nitrogens with zero attached hydrogens (tertiary/aromatic N) is 3. The molecule has 2 amide bonds. The van der Waals surface area contributed by atoms with Gasteiger partial charge in [-0.05, 0) is 50.1 Å². The highest BCUT2D eigenvalue weighted by atomic mass is 16.3. The molecular formula is C25H25N5O3. The maximum absolute atomic E-state index is 13.5. The third kappa shape index (κ3) is 4.00. The van der Waals surface area contributed by atoms with Crippen LogP contribution in [0.5, 0.6) is 0 Å². The lowest BCUT2D eigenvalue weighted by atomic mass is 10.1. The Morgan fingerprint density at radius 3 is 2.61 bits per heavy atom. The number of amides is 2. The molecule has 4 aromatic rings. The van der Waals surface area contributed by atoms with Gasteiger partial charge in [-0.2, -0.15) is 5.10 Å². The topological polar surface area (TPSA) is 102 Å². The van der Waals surface area contributed by atoms with Crippen LogP contribution in [0.4, 0.5) is 5.69 Å². The fraction of sp³-hybridized carbons (Fsp3) is 0.280. The molecule has 168 valence electrons. The van der Waals surface area contributed by atoms with Crippen molar-refractivity contribution in [1.29, 1.82) is 0 Å². The molecule has 1 aromatic carbocycles. The van der Waals surface area contributed by atoms with Gasteiger partial charge in [0.25, 0.3) is 11.8 Å². The highest BCUT2D eigenvalue weighted by Crippen LogP contribution is 2.28. The number of rotatable bonds is 5. The molecule has 2 N–H and O–H groups in total. The van der Waals surface area contributed by atoms with Crippen LogP contribution in [0, 0.1) is 6.92 Å². The van der Waals surface area contributed by atoms with Crippen LogP contribution in [0.25, 0.3) is 22.5 Å². The van der Waals surface area contributed by atoms with Gasteiger partial charge in [-0.1, -0.05) is 25.0 Å². The number of anilines is 1. The largest absolute Gasteiger partial charge is 0.463 e. The molecule has 0 spiro atoms. The second-order valence-corrected chi connectivity index (χ2v) is 8.39. The Morgan fingerprint density at radius 2 is 1.85 bits per heavy atom. The van der Waals surface area contributed by atoms with Crippen molar-refractivity contribution in [3.05, 3.63) is 65.5 Å². The van der Waals surface area contributed by atoms with Crippen molar-refractivity contribution in [1.82, 2.24) is 20.1 Å². The molecule has 0 unspecified atom stereocenters. The molecule has 0 atom stereocenters. The van der Waals surface area contributed by atoms with Gasteiger partial charge in [-0.25, -0.2) is 4.98 Å². The molecule has 5 rings (SSSR count). The number of hydrogen-bond acceptors (Lipinski definition) is 5. The number of fused-ring (bicyclic) bond motifs is 1. The van der Waals surface area contributed by atoms with Crippen molar-refractivity contribution in [2.24, 2.45) is 7.05 Å². The van der Waals surface area contributed by atoms with E-state index in [0.29, 0.717) is 45.0 Å². The van der Waals surface area contributed by atoms with Crippen LogP contribution in [0.2, 0.25) is 0 Å². The Balaban J connectivity index is 1.51. The second-order valence-electron chi connectivity index (χ2n) is 8.39. The van der Waals surface area contributed by atoms with Gasteiger partial charge in [-0.3, -0.25) is 14.3 Å². The van der Waals surface area contributed by atoms with Crippen molar-refractivity contribution in [2.45, 2.75) is 38.6 Å². The average molecular weight is 444 g/mol. The Labute approximate surface area is 191 Å². The second kappa shape index (κ2) is 8.54. The van der Waals surface area contributed by atoms with E-state index in [1.165, 1.54) is 0 Å². The fourth-order valence-corrected chi connectivity index (χ4v) is 4.49. The number of benzene rings is 1. The number of hydrogen-bond donors (Lipinski definition) is 2. The van der Waals surface area contributed by atoms with Crippen LogP contribution in [0.3, 0.4) is 0 Å². The van der Waals surface area contributed by atoms with Gasteiger partial charge in [0.2, 0.25) is 0 Å². The predicted octanol–water partition coefficient (Wildman–Crippen LogP) is 4.46. The Morgan fingerprint density at radius 1 is 1.06 bits per heavy atom. The Hall–Kier alpha value is -3.94. The van der Waals surface area contributed by atoms with Crippen molar-refractivity contribution in [3.8, 4) is 11.5 Å². The van der Waals surface area contributed by atoms with Gasteiger partial charge in [0.1, 0.15) is 5.69 Å². The Bertz CT molecular complexity index is 1330. The SMILES string of the molecule is Cc1nn(C)c2nc(-c3ccco3)cc(C(=O)Nc3ccccc3C(=O)NC3CCCC3)c12. The number of aromatic nitrogens is 3. The summed E-state index contributed by atoms with van der Waals surface area (Å²) in [7, 11) is 1.79. The lowest BCUT2D eigenvalue weighted by Gasteiger charge is -2.15. The van der Waals surface area contributed by atoms with Crippen LogP contribution in [-0.2, 0) is 7.05 Å². The zero-order valence-electron chi connectivity index (χ0n) is 18.6. The summed E-state index contributed by atoms with van der Waals surface area (Å²) in [6.45, 7) is 1.84. The average Bonchev–Trinajstić information content (AvgIpc) is 3.57. The first-order valence-electron chi connectivity index (χ1n) is 11.1. The highest BCUT2D eigenvalue weighted by molar-refractivity contribution is 6.15. The summed E-state index contributed by atoms with van der Waals surface area (Å²) in [4.78, 5) is 31.1. The van der Waals surface area contributed by atoms with Crippen molar-refractivity contribution in [3.63, 3.8) is 0 Å². The van der Waals surface area contributed by atoms with E-state index < -0.39 is 0 Å². The molecule has 0 aliphatic heterocycles. The van der Waals surface area contributed by atoms with Gasteiger partial charge in [0, 0.05) is 13.1 Å². The number of aryl methyl sites for hydroxylation is 2. The molecule has 0 radical (unpaired) electrons. The molecule has 1 fully saturated rings. The van der Waals surface area contributed by atoms with E-state index in [1.54, 1.807) is 60.5 Å². The zero-order valence-corrected chi connectivity index (χ0v) is 18.6. The van der Waals surface area contributed by atoms with Gasteiger partial charge in [0.15, 0.2) is 11.4 Å². The summed E-state index contributed by atoms with van der Waals surface area (Å²) in [6, 6.07) is 12.5. The number of furan rings is 1. The van der Waals surface area contributed by atoms with Crippen LogP contribution >= 0.6 is 0 Å². The fourth-order valence-electron chi connectivity index (χ4n) is 4.49. The smallest absolute Gasteiger partial charge is 0.256 e. The number of para-hydroxylation sites is 1. The first kappa shape index (κ1) is 20.9. The number of carbonyl (C=O) groups is 2. The van der Waals surface area contributed by atoms with E-state index in [1.807, 2.05) is 6.92 Å². The van der Waals surface area contributed by atoms with Gasteiger partial charge < -0.3 is 15.1 Å². The molecule has 3 aromatic heterocycles. The minimum Gasteiger partial charge on any atom is -0.463 e. The highest BCUT2D eigenvalue weighted by Gasteiger charge is 2.23. The number of pyridine rings is 1. The zero-order chi connectivity index (χ0) is 22.9. The van der Waals surface area contributed by atoms with Gasteiger partial charge in [0.05, 0.1) is 34.2 Å².